The van der Waals surface area contributed by atoms with Crippen molar-refractivity contribution < 1.29 is 27.7 Å². The van der Waals surface area contributed by atoms with Crippen LogP contribution in [0.25, 0.3) is 0 Å². The van der Waals surface area contributed by atoms with Gasteiger partial charge in [-0.2, -0.15) is 0 Å². The van der Waals surface area contributed by atoms with Gasteiger partial charge in [-0.1, -0.05) is 0 Å². The zero-order chi connectivity index (χ0) is 21.8. The molecule has 0 aromatic heterocycles. The van der Waals surface area contributed by atoms with E-state index >= 15 is 0 Å². The van der Waals surface area contributed by atoms with Crippen molar-refractivity contribution in [1.82, 2.24) is 0 Å². The molecular formula is C19H26N3O6S+. The Morgan fingerprint density at radius 3 is 2.28 bits per heavy atom. The van der Waals surface area contributed by atoms with Crippen LogP contribution in [-0.4, -0.2) is 54.5 Å². The largest absolute Gasteiger partial charge is 0.493 e. The number of rotatable bonds is 9. The fourth-order valence-corrected chi connectivity index (χ4v) is 3.62. The van der Waals surface area contributed by atoms with Gasteiger partial charge in [0.2, 0.25) is 0 Å². The van der Waals surface area contributed by atoms with Gasteiger partial charge in [0.1, 0.15) is 11.7 Å². The van der Waals surface area contributed by atoms with Gasteiger partial charge in [0, 0.05) is 17.9 Å². The highest BCUT2D eigenvalue weighted by Gasteiger charge is 2.23. The summed E-state index contributed by atoms with van der Waals surface area (Å²) in [5, 5.41) is 14.5. The Hall–Kier alpha value is -2.85. The third-order valence-electron chi connectivity index (χ3n) is 4.60. The smallest absolute Gasteiger partial charge is 0.293 e. The van der Waals surface area contributed by atoms with E-state index < -0.39 is 14.8 Å². The van der Waals surface area contributed by atoms with Crippen molar-refractivity contribution in [3.8, 4) is 11.5 Å². The maximum absolute atomic E-state index is 11.7. The average Bonchev–Trinajstić information content (AvgIpc) is 2.66. The number of quaternary nitrogens is 1. The average molecular weight is 424 g/mol. The number of nitrogens with one attached hydrogen (secondary N) is 2. The fourth-order valence-electron chi connectivity index (χ4n) is 2.98. The normalized spacial score (nSPS) is 12.5. The summed E-state index contributed by atoms with van der Waals surface area (Å²) in [5.74, 6) is 1.21. The van der Waals surface area contributed by atoms with E-state index in [1.807, 2.05) is 32.3 Å². The van der Waals surface area contributed by atoms with Crippen LogP contribution in [0.1, 0.15) is 11.6 Å². The van der Waals surface area contributed by atoms with E-state index in [1.165, 1.54) is 12.1 Å². The van der Waals surface area contributed by atoms with E-state index in [0.717, 1.165) is 22.8 Å². The van der Waals surface area contributed by atoms with Crippen molar-refractivity contribution in [2.45, 2.75) is 10.9 Å². The van der Waals surface area contributed by atoms with E-state index in [1.54, 1.807) is 14.2 Å². The molecule has 158 valence electrons. The molecule has 0 saturated carbocycles. The highest BCUT2D eigenvalue weighted by Crippen LogP contribution is 2.31. The summed E-state index contributed by atoms with van der Waals surface area (Å²) in [7, 11) is 3.54. The Morgan fingerprint density at radius 1 is 1.10 bits per heavy atom. The summed E-state index contributed by atoms with van der Waals surface area (Å²) in [4.78, 5) is 11.9. The Balaban J connectivity index is 2.33. The van der Waals surface area contributed by atoms with Crippen molar-refractivity contribution in [3.05, 3.63) is 52.1 Å². The van der Waals surface area contributed by atoms with E-state index in [4.69, 9.17) is 9.47 Å². The van der Waals surface area contributed by atoms with E-state index in [9.17, 15) is 18.5 Å². The van der Waals surface area contributed by atoms with Gasteiger partial charge in [-0.3, -0.25) is 10.1 Å². The SMILES string of the molecule is COc1ccc([C@H](CNc2ccc(S(C)(=O)=O)cc2[N+](=O)[O-])[NH+](C)C)cc1OC. The number of methoxy groups -OCH3 is 2. The summed E-state index contributed by atoms with van der Waals surface area (Å²) in [5.41, 5.74) is 0.937. The molecule has 0 aliphatic carbocycles. The molecule has 0 fully saturated rings. The summed E-state index contributed by atoms with van der Waals surface area (Å²) in [6.07, 6.45) is 1.02. The predicted octanol–water partition coefficient (Wildman–Crippen LogP) is 1.31. The molecular weight excluding hydrogens is 398 g/mol. The molecule has 0 unspecified atom stereocenters. The van der Waals surface area contributed by atoms with Gasteiger partial charge in [0.25, 0.3) is 5.69 Å². The molecule has 2 N–H and O–H groups in total. The van der Waals surface area contributed by atoms with Crippen molar-refractivity contribution >= 4 is 21.2 Å². The van der Waals surface area contributed by atoms with Crippen LogP contribution in [0.3, 0.4) is 0 Å². The summed E-state index contributed by atoms with van der Waals surface area (Å²) >= 11 is 0. The minimum absolute atomic E-state index is 0.0519. The standard InChI is InChI=1S/C19H25N3O6S/c1-21(2)17(13-6-9-18(27-3)19(10-13)28-4)12-20-15-8-7-14(29(5,25)26)11-16(15)22(23)24/h6-11,17,20H,12H2,1-5H3/p+1/t17-/m0/s1. The zero-order valence-corrected chi connectivity index (χ0v) is 17.9. The Kier molecular flexibility index (Phi) is 7.04. The molecule has 0 aliphatic rings. The summed E-state index contributed by atoms with van der Waals surface area (Å²) in [6.45, 7) is 0.386. The Morgan fingerprint density at radius 2 is 1.76 bits per heavy atom. The van der Waals surface area contributed by atoms with Crippen LogP contribution >= 0.6 is 0 Å². The molecule has 0 bridgehead atoms. The number of ether oxygens (including phenoxy) is 2. The fraction of sp³-hybridized carbons (Fsp3) is 0.368. The van der Waals surface area contributed by atoms with Gasteiger partial charge in [0.05, 0.1) is 44.7 Å². The first-order valence-corrected chi connectivity index (χ1v) is 10.7. The van der Waals surface area contributed by atoms with Crippen molar-refractivity contribution in [2.24, 2.45) is 0 Å². The first-order valence-electron chi connectivity index (χ1n) is 8.82. The van der Waals surface area contributed by atoms with Crippen LogP contribution in [0, 0.1) is 10.1 Å². The topological polar surface area (TPSA) is 112 Å². The van der Waals surface area contributed by atoms with E-state index in [0.29, 0.717) is 18.0 Å². The maximum Gasteiger partial charge on any atom is 0.293 e. The number of hydrogen-bond acceptors (Lipinski definition) is 7. The van der Waals surface area contributed by atoms with Gasteiger partial charge in [-0.15, -0.1) is 0 Å². The van der Waals surface area contributed by atoms with Gasteiger partial charge >= 0.3 is 0 Å². The number of nitrogens with zero attached hydrogens (tertiary/aromatic N) is 1. The second-order valence-electron chi connectivity index (χ2n) is 6.83. The summed E-state index contributed by atoms with van der Waals surface area (Å²) in [6, 6.07) is 9.41. The molecule has 10 heteroatoms. The van der Waals surface area contributed by atoms with Crippen LogP contribution in [0.5, 0.6) is 11.5 Å². The number of sulfone groups is 1. The van der Waals surface area contributed by atoms with Crippen molar-refractivity contribution in [3.63, 3.8) is 0 Å². The molecule has 2 aromatic carbocycles. The molecule has 1 atom stereocenters. The molecule has 2 rings (SSSR count). The number of nitro groups is 1. The van der Waals surface area contributed by atoms with E-state index in [-0.39, 0.29) is 22.3 Å². The van der Waals surface area contributed by atoms with Crippen molar-refractivity contribution in [1.29, 1.82) is 0 Å². The van der Waals surface area contributed by atoms with Gasteiger partial charge in [0.15, 0.2) is 21.3 Å². The van der Waals surface area contributed by atoms with Gasteiger partial charge in [-0.25, -0.2) is 8.42 Å². The number of benzene rings is 2. The quantitative estimate of drug-likeness (QED) is 0.461. The molecule has 0 spiro atoms. The first kappa shape index (κ1) is 22.4. The first-order chi connectivity index (χ1) is 13.6. The van der Waals surface area contributed by atoms with Crippen molar-refractivity contribution in [2.75, 3.05) is 46.4 Å². The number of anilines is 1. The second kappa shape index (κ2) is 9.10. The molecule has 9 nitrogen and oxygen atoms in total. The molecule has 0 saturated heterocycles. The maximum atomic E-state index is 11.7. The highest BCUT2D eigenvalue weighted by atomic mass is 32.2. The summed E-state index contributed by atoms with van der Waals surface area (Å²) < 4.78 is 34.0. The number of hydrogen-bond donors (Lipinski definition) is 2. The van der Waals surface area contributed by atoms with E-state index in [2.05, 4.69) is 5.32 Å². The third kappa shape index (κ3) is 5.36. The molecule has 0 heterocycles. The minimum atomic E-state index is -3.54. The Labute approximate surface area is 170 Å². The molecule has 0 aliphatic heterocycles. The van der Waals surface area contributed by atoms with Crippen LogP contribution < -0.4 is 19.7 Å². The molecule has 29 heavy (non-hydrogen) atoms. The number of nitro benzene ring substituents is 1. The van der Waals surface area contributed by atoms with Gasteiger partial charge in [-0.05, 0) is 30.3 Å². The van der Waals surface area contributed by atoms with Crippen LogP contribution in [-0.2, 0) is 9.84 Å². The lowest BCUT2D eigenvalue weighted by Crippen LogP contribution is -3.06. The lowest BCUT2D eigenvalue weighted by molar-refractivity contribution is -0.890. The van der Waals surface area contributed by atoms with Crippen LogP contribution in [0.2, 0.25) is 0 Å². The molecule has 2 aromatic rings. The monoisotopic (exact) mass is 424 g/mol. The lowest BCUT2D eigenvalue weighted by atomic mass is 10.0. The molecule has 0 amide bonds. The van der Waals surface area contributed by atoms with Crippen LogP contribution in [0.15, 0.2) is 41.3 Å². The predicted molar refractivity (Wildman–Crippen MR) is 110 cm³/mol. The second-order valence-corrected chi connectivity index (χ2v) is 8.85. The minimum Gasteiger partial charge on any atom is -0.493 e. The van der Waals surface area contributed by atoms with Crippen LogP contribution in [0.4, 0.5) is 11.4 Å². The number of likely N-dealkylation sites (N-methyl/N-ethyl adjacent to an activating group) is 1. The molecule has 0 radical (unpaired) electrons. The Bertz CT molecular complexity index is 991. The lowest BCUT2D eigenvalue weighted by Gasteiger charge is -2.23. The third-order valence-corrected chi connectivity index (χ3v) is 5.71. The zero-order valence-electron chi connectivity index (χ0n) is 17.1. The highest BCUT2D eigenvalue weighted by molar-refractivity contribution is 7.90. The van der Waals surface area contributed by atoms with Gasteiger partial charge < -0.3 is 19.7 Å².